The Bertz CT molecular complexity index is 1630. The summed E-state index contributed by atoms with van der Waals surface area (Å²) in [5.74, 6) is 0.274. The second-order valence-corrected chi connectivity index (χ2v) is 10.4. The third-order valence-corrected chi connectivity index (χ3v) is 8.30. The summed E-state index contributed by atoms with van der Waals surface area (Å²) in [4.78, 5) is 0. The first-order valence-electron chi connectivity index (χ1n) is 11.0. The number of aromatic hydroxyl groups is 1. The molecule has 1 N–H and O–H groups in total. The van der Waals surface area contributed by atoms with Gasteiger partial charge in [-0.3, -0.25) is 0 Å². The van der Waals surface area contributed by atoms with E-state index in [9.17, 15) is 5.11 Å². The second-order valence-electron chi connectivity index (χ2n) is 8.51. The summed E-state index contributed by atoms with van der Waals surface area (Å²) in [6, 6.07) is 34.5. The molecule has 0 fully saturated rings. The van der Waals surface area contributed by atoms with Gasteiger partial charge in [0.25, 0.3) is 0 Å². The highest BCUT2D eigenvalue weighted by Crippen LogP contribution is 2.37. The van der Waals surface area contributed by atoms with E-state index in [1.54, 1.807) is 6.07 Å². The molecule has 5 aromatic carbocycles. The largest absolute Gasteiger partial charge is 0.507 e. The molecule has 0 amide bonds. The molecule has 3 heteroatoms. The lowest BCUT2D eigenvalue weighted by Gasteiger charge is -2.12. The van der Waals surface area contributed by atoms with Crippen LogP contribution in [-0.4, -0.2) is 5.11 Å². The lowest BCUT2D eigenvalue weighted by Crippen LogP contribution is -1.98. The molecular formula is C30H21BrOS. The molecule has 0 saturated heterocycles. The number of hydrogen-bond acceptors (Lipinski definition) is 2. The first-order valence-corrected chi connectivity index (χ1v) is 12.6. The molecule has 33 heavy (non-hydrogen) atoms. The Kier molecular flexibility index (Phi) is 5.17. The van der Waals surface area contributed by atoms with Crippen molar-refractivity contribution >= 4 is 58.2 Å². The molecule has 0 bridgehead atoms. The molecule has 6 aromatic rings. The van der Waals surface area contributed by atoms with Gasteiger partial charge in [-0.15, -0.1) is 11.3 Å². The van der Waals surface area contributed by atoms with Crippen molar-refractivity contribution in [2.24, 2.45) is 0 Å². The predicted octanol–water partition coefficient (Wildman–Crippen LogP) is 8.86. The topological polar surface area (TPSA) is 20.2 Å². The molecule has 6 rings (SSSR count). The highest BCUT2D eigenvalue weighted by Gasteiger charge is 2.12. The average molecular weight is 509 g/mol. The molecule has 0 saturated carbocycles. The molecule has 0 atom stereocenters. The number of phenolic OH excluding ortho intramolecular Hbond substituents is 1. The van der Waals surface area contributed by atoms with E-state index < -0.39 is 0 Å². The van der Waals surface area contributed by atoms with Gasteiger partial charge >= 0.3 is 0 Å². The molecule has 1 aromatic heterocycles. The van der Waals surface area contributed by atoms with Gasteiger partial charge in [-0.05, 0) is 86.1 Å². The van der Waals surface area contributed by atoms with Crippen molar-refractivity contribution in [3.63, 3.8) is 0 Å². The van der Waals surface area contributed by atoms with Gasteiger partial charge in [-0.25, -0.2) is 0 Å². The van der Waals surface area contributed by atoms with Crippen LogP contribution in [0.25, 0.3) is 30.9 Å². The number of phenols is 1. The Labute approximate surface area is 205 Å². The van der Waals surface area contributed by atoms with Gasteiger partial charge in [0.2, 0.25) is 0 Å². The molecule has 1 nitrogen and oxygen atoms in total. The minimum Gasteiger partial charge on any atom is -0.507 e. The van der Waals surface area contributed by atoms with Crippen molar-refractivity contribution < 1.29 is 5.11 Å². The van der Waals surface area contributed by atoms with Crippen LogP contribution in [0.4, 0.5) is 0 Å². The van der Waals surface area contributed by atoms with E-state index in [0.717, 1.165) is 28.1 Å². The zero-order valence-corrected chi connectivity index (χ0v) is 20.3. The summed E-state index contributed by atoms with van der Waals surface area (Å²) in [7, 11) is 0. The monoisotopic (exact) mass is 508 g/mol. The van der Waals surface area contributed by atoms with Crippen LogP contribution in [-0.2, 0) is 12.8 Å². The number of rotatable bonds is 4. The summed E-state index contributed by atoms with van der Waals surface area (Å²) in [6.45, 7) is 0. The Hall–Kier alpha value is -3.14. The summed E-state index contributed by atoms with van der Waals surface area (Å²) in [6.07, 6.45) is 1.80. The van der Waals surface area contributed by atoms with E-state index in [1.165, 1.54) is 42.4 Å². The van der Waals surface area contributed by atoms with Crippen LogP contribution in [0.5, 0.6) is 5.75 Å². The standard InChI is InChI=1S/C30H21BrOS/c31-30-24-12-10-20(15-21(24)11-13-27(30)32)16-23-18-29-26(25-8-4-5-9-28(25)33-29)17-22(23)14-19-6-2-1-3-7-19/h1-13,15,17-18,32H,14,16H2. The summed E-state index contributed by atoms with van der Waals surface area (Å²) in [5.41, 5.74) is 5.35. The zero-order valence-electron chi connectivity index (χ0n) is 17.9. The fourth-order valence-electron chi connectivity index (χ4n) is 4.66. The lowest BCUT2D eigenvalue weighted by atomic mass is 9.93. The van der Waals surface area contributed by atoms with Crippen molar-refractivity contribution in [2.75, 3.05) is 0 Å². The van der Waals surface area contributed by atoms with E-state index in [1.807, 2.05) is 17.4 Å². The van der Waals surface area contributed by atoms with E-state index in [2.05, 4.69) is 101 Å². The Morgan fingerprint density at radius 2 is 1.36 bits per heavy atom. The maximum Gasteiger partial charge on any atom is 0.130 e. The highest BCUT2D eigenvalue weighted by molar-refractivity contribution is 9.10. The Morgan fingerprint density at radius 1 is 0.606 bits per heavy atom. The lowest BCUT2D eigenvalue weighted by molar-refractivity contribution is 0.473. The molecule has 160 valence electrons. The van der Waals surface area contributed by atoms with Crippen LogP contribution < -0.4 is 0 Å². The van der Waals surface area contributed by atoms with Gasteiger partial charge in [-0.2, -0.15) is 0 Å². The molecule has 0 aliphatic rings. The highest BCUT2D eigenvalue weighted by atomic mass is 79.9. The summed E-state index contributed by atoms with van der Waals surface area (Å²) < 4.78 is 3.44. The third kappa shape index (κ3) is 3.82. The van der Waals surface area contributed by atoms with Crippen LogP contribution >= 0.6 is 27.3 Å². The first-order chi connectivity index (χ1) is 16.2. The van der Waals surface area contributed by atoms with Gasteiger partial charge in [-0.1, -0.05) is 72.8 Å². The SMILES string of the molecule is Oc1ccc2cc(Cc3cc4sc5ccccc5c4cc3Cc3ccccc3)ccc2c1Br. The van der Waals surface area contributed by atoms with Crippen molar-refractivity contribution in [3.8, 4) is 5.75 Å². The molecule has 0 aliphatic carbocycles. The van der Waals surface area contributed by atoms with Gasteiger partial charge in [0.05, 0.1) is 4.47 Å². The van der Waals surface area contributed by atoms with Gasteiger partial charge in [0, 0.05) is 20.2 Å². The smallest absolute Gasteiger partial charge is 0.130 e. The average Bonchev–Trinajstić information content (AvgIpc) is 3.20. The van der Waals surface area contributed by atoms with Crippen LogP contribution in [0.3, 0.4) is 0 Å². The predicted molar refractivity (Wildman–Crippen MR) is 145 cm³/mol. The molecule has 1 heterocycles. The van der Waals surface area contributed by atoms with E-state index in [4.69, 9.17) is 0 Å². The molecule has 0 spiro atoms. The first kappa shape index (κ1) is 20.5. The minimum atomic E-state index is 0.274. The van der Waals surface area contributed by atoms with Gasteiger partial charge in [0.15, 0.2) is 0 Å². The number of halogens is 1. The number of hydrogen-bond donors (Lipinski definition) is 1. The van der Waals surface area contributed by atoms with Gasteiger partial charge < -0.3 is 5.11 Å². The number of benzene rings is 5. The number of thiophene rings is 1. The Balaban J connectivity index is 1.48. The van der Waals surface area contributed by atoms with Crippen LogP contribution in [0.15, 0.2) is 102 Å². The zero-order chi connectivity index (χ0) is 22.4. The van der Waals surface area contributed by atoms with E-state index in [-0.39, 0.29) is 5.75 Å². The van der Waals surface area contributed by atoms with Crippen molar-refractivity contribution in [1.29, 1.82) is 0 Å². The van der Waals surface area contributed by atoms with Crippen molar-refractivity contribution in [2.45, 2.75) is 12.8 Å². The fourth-order valence-corrected chi connectivity index (χ4v) is 6.31. The molecule has 0 aliphatic heterocycles. The number of fused-ring (bicyclic) bond motifs is 4. The Morgan fingerprint density at radius 3 is 2.24 bits per heavy atom. The molecule has 0 unspecified atom stereocenters. The van der Waals surface area contributed by atoms with E-state index in [0.29, 0.717) is 0 Å². The van der Waals surface area contributed by atoms with Crippen LogP contribution in [0.1, 0.15) is 22.3 Å². The maximum atomic E-state index is 10.0. The quantitative estimate of drug-likeness (QED) is 0.252. The minimum absolute atomic E-state index is 0.274. The van der Waals surface area contributed by atoms with Crippen molar-refractivity contribution in [1.82, 2.24) is 0 Å². The normalized spacial score (nSPS) is 11.5. The maximum absolute atomic E-state index is 10.0. The summed E-state index contributed by atoms with van der Waals surface area (Å²) in [5, 5.41) is 14.9. The van der Waals surface area contributed by atoms with E-state index >= 15 is 0 Å². The van der Waals surface area contributed by atoms with Crippen LogP contribution in [0.2, 0.25) is 0 Å². The fraction of sp³-hybridized carbons (Fsp3) is 0.0667. The van der Waals surface area contributed by atoms with Gasteiger partial charge in [0.1, 0.15) is 5.75 Å². The third-order valence-electron chi connectivity index (χ3n) is 6.33. The molecule has 0 radical (unpaired) electrons. The summed E-state index contributed by atoms with van der Waals surface area (Å²) >= 11 is 5.39. The van der Waals surface area contributed by atoms with Crippen molar-refractivity contribution in [3.05, 3.63) is 124 Å². The van der Waals surface area contributed by atoms with Crippen LogP contribution in [0, 0.1) is 0 Å². The second kappa shape index (κ2) is 8.33. The molecular weight excluding hydrogens is 488 g/mol.